The predicted molar refractivity (Wildman–Crippen MR) is 113 cm³/mol. The van der Waals surface area contributed by atoms with Crippen LogP contribution in [0.25, 0.3) is 6.08 Å². The molecule has 2 aromatic carbocycles. The minimum Gasteiger partial charge on any atom is -0.497 e. The van der Waals surface area contributed by atoms with E-state index in [1.54, 1.807) is 32.4 Å². The van der Waals surface area contributed by atoms with Gasteiger partial charge in [0.05, 0.1) is 36.4 Å². The van der Waals surface area contributed by atoms with Gasteiger partial charge in [0.15, 0.2) is 16.7 Å². The number of ether oxygens (including phenoxy) is 3. The Kier molecular flexibility index (Phi) is 6.49. The van der Waals surface area contributed by atoms with Crippen molar-refractivity contribution in [3.05, 3.63) is 51.9 Å². The Morgan fingerprint density at radius 1 is 1.18 bits per heavy atom. The first-order chi connectivity index (χ1) is 13.5. The Bertz CT molecular complexity index is 942. The first-order valence-corrected chi connectivity index (χ1v) is 9.67. The van der Waals surface area contributed by atoms with E-state index in [0.717, 1.165) is 17.0 Å². The van der Waals surface area contributed by atoms with Crippen LogP contribution in [-0.2, 0) is 4.79 Å². The molecule has 1 fully saturated rings. The fourth-order valence-corrected chi connectivity index (χ4v) is 3.63. The molecule has 1 aliphatic rings. The summed E-state index contributed by atoms with van der Waals surface area (Å²) in [5, 5.41) is 3.69. The van der Waals surface area contributed by atoms with E-state index in [9.17, 15) is 4.79 Å². The summed E-state index contributed by atoms with van der Waals surface area (Å²) in [6.45, 7) is 2.34. The van der Waals surface area contributed by atoms with Crippen LogP contribution in [0.3, 0.4) is 0 Å². The molecular formula is C20H19ClN2O4S. The van der Waals surface area contributed by atoms with Crippen molar-refractivity contribution in [1.82, 2.24) is 5.32 Å². The van der Waals surface area contributed by atoms with Crippen molar-refractivity contribution < 1.29 is 19.0 Å². The zero-order chi connectivity index (χ0) is 20.1. The van der Waals surface area contributed by atoms with Gasteiger partial charge in [-0.2, -0.15) is 0 Å². The van der Waals surface area contributed by atoms with E-state index in [1.165, 1.54) is 11.8 Å². The Hall–Kier alpha value is -2.64. The van der Waals surface area contributed by atoms with Gasteiger partial charge in [0.2, 0.25) is 0 Å². The lowest BCUT2D eigenvalue weighted by Crippen LogP contribution is -2.19. The first-order valence-electron chi connectivity index (χ1n) is 8.48. The van der Waals surface area contributed by atoms with Gasteiger partial charge in [-0.05, 0) is 66.7 Å². The SMILES string of the molecule is CCOc1c(Cl)cc(/C=C2\SC(=Nc3ccc(OC)cc3)NC2=O)cc1OC. The molecule has 6 nitrogen and oxygen atoms in total. The Morgan fingerprint density at radius 2 is 1.93 bits per heavy atom. The molecule has 1 saturated heterocycles. The average Bonchev–Trinajstić information content (AvgIpc) is 3.03. The van der Waals surface area contributed by atoms with Crippen LogP contribution in [0.5, 0.6) is 17.2 Å². The van der Waals surface area contributed by atoms with Crippen molar-refractivity contribution in [3.63, 3.8) is 0 Å². The summed E-state index contributed by atoms with van der Waals surface area (Å²) in [7, 11) is 3.15. The van der Waals surface area contributed by atoms with E-state index in [2.05, 4.69) is 10.3 Å². The van der Waals surface area contributed by atoms with E-state index < -0.39 is 0 Å². The number of aliphatic imine (C=N–C) groups is 1. The van der Waals surface area contributed by atoms with E-state index in [0.29, 0.717) is 33.2 Å². The number of carbonyl (C=O) groups excluding carboxylic acids is 1. The molecular weight excluding hydrogens is 400 g/mol. The van der Waals surface area contributed by atoms with Crippen LogP contribution in [0.1, 0.15) is 12.5 Å². The molecule has 0 aliphatic carbocycles. The van der Waals surface area contributed by atoms with Gasteiger partial charge in [0, 0.05) is 0 Å². The van der Waals surface area contributed by atoms with Crippen molar-refractivity contribution in [1.29, 1.82) is 0 Å². The lowest BCUT2D eigenvalue weighted by Gasteiger charge is -2.12. The van der Waals surface area contributed by atoms with E-state index in [-0.39, 0.29) is 5.91 Å². The summed E-state index contributed by atoms with van der Waals surface area (Å²) in [5.41, 5.74) is 1.45. The van der Waals surface area contributed by atoms with Crippen molar-refractivity contribution in [2.75, 3.05) is 20.8 Å². The number of hydrogen-bond acceptors (Lipinski definition) is 6. The number of amides is 1. The number of benzene rings is 2. The summed E-state index contributed by atoms with van der Waals surface area (Å²) in [5.74, 6) is 1.52. The van der Waals surface area contributed by atoms with Crippen LogP contribution < -0.4 is 19.5 Å². The Labute approximate surface area is 172 Å². The second-order valence-corrected chi connectivity index (χ2v) is 7.08. The zero-order valence-corrected chi connectivity index (χ0v) is 17.2. The normalized spacial score (nSPS) is 16.4. The number of rotatable bonds is 6. The number of methoxy groups -OCH3 is 2. The van der Waals surface area contributed by atoms with Crippen LogP contribution in [0.4, 0.5) is 5.69 Å². The van der Waals surface area contributed by atoms with Gasteiger partial charge < -0.3 is 19.5 Å². The predicted octanol–water partition coefficient (Wildman–Crippen LogP) is 4.65. The summed E-state index contributed by atoms with van der Waals surface area (Å²) >= 11 is 7.56. The number of hydrogen-bond donors (Lipinski definition) is 1. The molecule has 0 saturated carbocycles. The van der Waals surface area contributed by atoms with Gasteiger partial charge in [0.25, 0.3) is 5.91 Å². The fraction of sp³-hybridized carbons (Fsp3) is 0.200. The number of nitrogens with zero attached hydrogens (tertiary/aromatic N) is 1. The molecule has 3 rings (SSSR count). The molecule has 146 valence electrons. The molecule has 0 radical (unpaired) electrons. The second kappa shape index (κ2) is 9.03. The monoisotopic (exact) mass is 418 g/mol. The molecule has 1 amide bonds. The topological polar surface area (TPSA) is 69.2 Å². The number of halogens is 1. The second-order valence-electron chi connectivity index (χ2n) is 5.65. The largest absolute Gasteiger partial charge is 0.497 e. The van der Waals surface area contributed by atoms with Crippen LogP contribution in [-0.4, -0.2) is 31.9 Å². The zero-order valence-electron chi connectivity index (χ0n) is 15.6. The maximum Gasteiger partial charge on any atom is 0.264 e. The van der Waals surface area contributed by atoms with Gasteiger partial charge in [-0.1, -0.05) is 11.6 Å². The van der Waals surface area contributed by atoms with E-state index in [4.69, 9.17) is 25.8 Å². The quantitative estimate of drug-likeness (QED) is 0.691. The summed E-state index contributed by atoms with van der Waals surface area (Å²) in [4.78, 5) is 17.3. The third-order valence-electron chi connectivity index (χ3n) is 3.79. The Morgan fingerprint density at radius 3 is 2.57 bits per heavy atom. The highest BCUT2D eigenvalue weighted by Gasteiger charge is 2.24. The van der Waals surface area contributed by atoms with Crippen LogP contribution >= 0.6 is 23.4 Å². The van der Waals surface area contributed by atoms with Crippen molar-refractivity contribution in [2.45, 2.75) is 6.92 Å². The van der Waals surface area contributed by atoms with E-state index >= 15 is 0 Å². The lowest BCUT2D eigenvalue weighted by molar-refractivity contribution is -0.115. The molecule has 8 heteroatoms. The summed E-state index contributed by atoms with van der Waals surface area (Å²) in [6, 6.07) is 10.8. The highest BCUT2D eigenvalue weighted by molar-refractivity contribution is 8.18. The maximum absolute atomic E-state index is 12.3. The van der Waals surface area contributed by atoms with Crippen molar-refractivity contribution in [3.8, 4) is 17.2 Å². The highest BCUT2D eigenvalue weighted by Crippen LogP contribution is 2.38. The number of nitrogens with one attached hydrogen (secondary N) is 1. The molecule has 0 aromatic heterocycles. The molecule has 0 bridgehead atoms. The van der Waals surface area contributed by atoms with Crippen molar-refractivity contribution >= 4 is 46.2 Å². The lowest BCUT2D eigenvalue weighted by atomic mass is 10.2. The standard InChI is InChI=1S/C20H19ClN2O4S/c1-4-27-18-15(21)9-12(10-16(18)26-3)11-17-19(24)23-20(28-17)22-13-5-7-14(25-2)8-6-13/h5-11H,4H2,1-3H3,(H,22,23,24)/b17-11-. The Balaban J connectivity index is 1.84. The molecule has 1 aliphatic heterocycles. The number of amidine groups is 1. The van der Waals surface area contributed by atoms with Gasteiger partial charge in [-0.25, -0.2) is 4.99 Å². The van der Waals surface area contributed by atoms with Gasteiger partial charge in [0.1, 0.15) is 5.75 Å². The number of thioether (sulfide) groups is 1. The molecule has 28 heavy (non-hydrogen) atoms. The molecule has 1 N–H and O–H groups in total. The molecule has 2 aromatic rings. The number of carbonyl (C=O) groups is 1. The van der Waals surface area contributed by atoms with Gasteiger partial charge >= 0.3 is 0 Å². The summed E-state index contributed by atoms with van der Waals surface area (Å²) < 4.78 is 16.0. The van der Waals surface area contributed by atoms with Crippen LogP contribution in [0.2, 0.25) is 5.02 Å². The fourth-order valence-electron chi connectivity index (χ4n) is 2.51. The van der Waals surface area contributed by atoms with Crippen LogP contribution in [0, 0.1) is 0 Å². The van der Waals surface area contributed by atoms with E-state index in [1.807, 2.05) is 31.2 Å². The van der Waals surface area contributed by atoms with Crippen molar-refractivity contribution in [2.24, 2.45) is 4.99 Å². The molecule has 0 atom stereocenters. The summed E-state index contributed by atoms with van der Waals surface area (Å²) in [6.07, 6.45) is 1.74. The minimum atomic E-state index is -0.221. The first kappa shape index (κ1) is 20.1. The van der Waals surface area contributed by atoms with Crippen LogP contribution in [0.15, 0.2) is 46.3 Å². The molecule has 0 unspecified atom stereocenters. The molecule has 1 heterocycles. The minimum absolute atomic E-state index is 0.221. The third-order valence-corrected chi connectivity index (χ3v) is 4.98. The van der Waals surface area contributed by atoms with Gasteiger partial charge in [-0.3, -0.25) is 4.79 Å². The smallest absolute Gasteiger partial charge is 0.264 e. The maximum atomic E-state index is 12.3. The average molecular weight is 419 g/mol. The molecule has 0 spiro atoms. The third kappa shape index (κ3) is 4.61. The highest BCUT2D eigenvalue weighted by atomic mass is 35.5. The van der Waals surface area contributed by atoms with Gasteiger partial charge in [-0.15, -0.1) is 0 Å².